The first-order valence-electron chi connectivity index (χ1n) is 7.18. The molecule has 1 amide bonds. The van der Waals surface area contributed by atoms with Crippen LogP contribution in [-0.2, 0) is 0 Å². The summed E-state index contributed by atoms with van der Waals surface area (Å²) >= 11 is 0. The molecular weight excluding hydrogens is 288 g/mol. The Balaban J connectivity index is 1.92. The zero-order valence-corrected chi connectivity index (χ0v) is 13.0. The van der Waals surface area contributed by atoms with Crippen LogP contribution in [0.5, 0.6) is 0 Å². The van der Waals surface area contributed by atoms with Crippen LogP contribution in [-0.4, -0.2) is 39.9 Å². The smallest absolute Gasteiger partial charge is 0.254 e. The van der Waals surface area contributed by atoms with Crippen molar-refractivity contribution in [3.8, 4) is 22.4 Å². The molecule has 0 aliphatic rings. The number of nitrogens with zero attached hydrogens (tertiary/aromatic N) is 4. The molecule has 0 aromatic carbocycles. The summed E-state index contributed by atoms with van der Waals surface area (Å²) in [4.78, 5) is 26.1. The van der Waals surface area contributed by atoms with Crippen LogP contribution < -0.4 is 0 Å². The Morgan fingerprint density at radius 2 is 1.61 bits per heavy atom. The maximum absolute atomic E-state index is 11.9. The van der Waals surface area contributed by atoms with Gasteiger partial charge < -0.3 is 4.90 Å². The van der Waals surface area contributed by atoms with Crippen molar-refractivity contribution < 1.29 is 4.79 Å². The Bertz CT molecular complexity index is 814. The van der Waals surface area contributed by atoms with E-state index in [-0.39, 0.29) is 5.91 Å². The SMILES string of the molecule is CN(C)C(=O)c1ccc(-c2cncc(-c3ccncc3)c2)nc1. The van der Waals surface area contributed by atoms with Gasteiger partial charge in [0.05, 0.1) is 11.3 Å². The summed E-state index contributed by atoms with van der Waals surface area (Å²) in [5, 5.41) is 0. The lowest BCUT2D eigenvalue weighted by molar-refractivity contribution is 0.0827. The van der Waals surface area contributed by atoms with E-state index in [0.717, 1.165) is 22.4 Å². The van der Waals surface area contributed by atoms with Crippen molar-refractivity contribution in [1.82, 2.24) is 19.9 Å². The Morgan fingerprint density at radius 3 is 2.26 bits per heavy atom. The van der Waals surface area contributed by atoms with Crippen LogP contribution in [0.2, 0.25) is 0 Å². The molecule has 0 atom stereocenters. The maximum atomic E-state index is 11.9. The van der Waals surface area contributed by atoms with Gasteiger partial charge in [0, 0.05) is 56.2 Å². The largest absolute Gasteiger partial charge is 0.345 e. The fraction of sp³-hybridized carbons (Fsp3) is 0.111. The Morgan fingerprint density at radius 1 is 0.870 bits per heavy atom. The molecule has 3 aromatic heterocycles. The van der Waals surface area contributed by atoms with Crippen LogP contribution in [0.4, 0.5) is 0 Å². The Labute approximate surface area is 134 Å². The molecule has 0 aliphatic carbocycles. The molecule has 3 aromatic rings. The van der Waals surface area contributed by atoms with E-state index in [1.54, 1.807) is 44.9 Å². The van der Waals surface area contributed by atoms with Crippen molar-refractivity contribution in [2.45, 2.75) is 0 Å². The van der Waals surface area contributed by atoms with Gasteiger partial charge in [0.1, 0.15) is 0 Å². The average molecular weight is 304 g/mol. The van der Waals surface area contributed by atoms with Gasteiger partial charge in [0.15, 0.2) is 0 Å². The number of aromatic nitrogens is 3. The zero-order chi connectivity index (χ0) is 16.2. The molecule has 0 spiro atoms. The average Bonchev–Trinajstić information content (AvgIpc) is 2.62. The summed E-state index contributed by atoms with van der Waals surface area (Å²) in [5.74, 6) is -0.0623. The van der Waals surface area contributed by atoms with Gasteiger partial charge in [-0.2, -0.15) is 0 Å². The molecule has 114 valence electrons. The number of hydrogen-bond donors (Lipinski definition) is 0. The highest BCUT2D eigenvalue weighted by atomic mass is 16.2. The van der Waals surface area contributed by atoms with Crippen molar-refractivity contribution in [3.63, 3.8) is 0 Å². The third-order valence-electron chi connectivity index (χ3n) is 3.46. The first-order valence-corrected chi connectivity index (χ1v) is 7.18. The maximum Gasteiger partial charge on any atom is 0.254 e. The van der Waals surface area contributed by atoms with Crippen LogP contribution in [0.1, 0.15) is 10.4 Å². The zero-order valence-electron chi connectivity index (χ0n) is 13.0. The third kappa shape index (κ3) is 3.23. The van der Waals surface area contributed by atoms with Crippen molar-refractivity contribution in [3.05, 3.63) is 66.9 Å². The second-order valence-corrected chi connectivity index (χ2v) is 5.33. The molecule has 0 fully saturated rings. The van der Waals surface area contributed by atoms with E-state index in [1.807, 2.05) is 30.5 Å². The summed E-state index contributed by atoms with van der Waals surface area (Å²) < 4.78 is 0. The normalized spacial score (nSPS) is 10.3. The van der Waals surface area contributed by atoms with Gasteiger partial charge in [0.2, 0.25) is 0 Å². The third-order valence-corrected chi connectivity index (χ3v) is 3.46. The van der Waals surface area contributed by atoms with Gasteiger partial charge >= 0.3 is 0 Å². The number of rotatable bonds is 3. The Hall–Kier alpha value is -3.08. The molecule has 5 heteroatoms. The van der Waals surface area contributed by atoms with E-state index in [0.29, 0.717) is 5.56 Å². The highest BCUT2D eigenvalue weighted by Crippen LogP contribution is 2.23. The van der Waals surface area contributed by atoms with Crippen LogP contribution in [0.15, 0.2) is 61.3 Å². The lowest BCUT2D eigenvalue weighted by Gasteiger charge is -2.10. The molecule has 23 heavy (non-hydrogen) atoms. The minimum Gasteiger partial charge on any atom is -0.345 e. The monoisotopic (exact) mass is 304 g/mol. The van der Waals surface area contributed by atoms with Crippen LogP contribution in [0.3, 0.4) is 0 Å². The molecule has 0 bridgehead atoms. The first kappa shape index (κ1) is 14.8. The second kappa shape index (κ2) is 6.36. The minimum atomic E-state index is -0.0623. The number of carbonyl (C=O) groups excluding carboxylic acids is 1. The van der Waals surface area contributed by atoms with Crippen molar-refractivity contribution in [2.75, 3.05) is 14.1 Å². The van der Waals surface area contributed by atoms with Crippen LogP contribution in [0.25, 0.3) is 22.4 Å². The van der Waals surface area contributed by atoms with Gasteiger partial charge in [-0.1, -0.05) is 0 Å². The van der Waals surface area contributed by atoms with E-state index in [4.69, 9.17) is 0 Å². The number of amides is 1. The topological polar surface area (TPSA) is 59.0 Å². The van der Waals surface area contributed by atoms with Crippen LogP contribution >= 0.6 is 0 Å². The summed E-state index contributed by atoms with van der Waals surface area (Å²) in [6.07, 6.45) is 8.67. The molecule has 0 N–H and O–H groups in total. The van der Waals surface area contributed by atoms with Gasteiger partial charge in [-0.05, 0) is 35.9 Å². The molecule has 0 aliphatic heterocycles. The van der Waals surface area contributed by atoms with E-state index in [9.17, 15) is 4.79 Å². The predicted molar refractivity (Wildman–Crippen MR) is 88.7 cm³/mol. The summed E-state index contributed by atoms with van der Waals surface area (Å²) in [7, 11) is 3.44. The molecule has 3 heterocycles. The predicted octanol–water partition coefficient (Wildman–Crippen LogP) is 2.91. The van der Waals surface area contributed by atoms with Crippen molar-refractivity contribution >= 4 is 5.91 Å². The van der Waals surface area contributed by atoms with E-state index in [1.165, 1.54) is 4.90 Å². The van der Waals surface area contributed by atoms with E-state index >= 15 is 0 Å². The van der Waals surface area contributed by atoms with Gasteiger partial charge in [-0.3, -0.25) is 19.7 Å². The fourth-order valence-corrected chi connectivity index (χ4v) is 2.23. The number of hydrogen-bond acceptors (Lipinski definition) is 4. The molecule has 3 rings (SSSR count). The summed E-state index contributed by atoms with van der Waals surface area (Å²) in [5.41, 5.74) is 4.30. The minimum absolute atomic E-state index is 0.0623. The molecular formula is C18H16N4O. The van der Waals surface area contributed by atoms with Gasteiger partial charge in [0.25, 0.3) is 5.91 Å². The quantitative estimate of drug-likeness (QED) is 0.746. The summed E-state index contributed by atoms with van der Waals surface area (Å²) in [6.45, 7) is 0. The lowest BCUT2D eigenvalue weighted by Crippen LogP contribution is -2.21. The molecule has 5 nitrogen and oxygen atoms in total. The van der Waals surface area contributed by atoms with E-state index in [2.05, 4.69) is 15.0 Å². The highest BCUT2D eigenvalue weighted by molar-refractivity contribution is 5.93. The molecule has 0 unspecified atom stereocenters. The highest BCUT2D eigenvalue weighted by Gasteiger charge is 2.09. The first-order chi connectivity index (χ1) is 11.1. The molecule has 0 saturated carbocycles. The lowest BCUT2D eigenvalue weighted by atomic mass is 10.1. The molecule has 0 saturated heterocycles. The van der Waals surface area contributed by atoms with E-state index < -0.39 is 0 Å². The number of carbonyl (C=O) groups is 1. The van der Waals surface area contributed by atoms with Gasteiger partial charge in [-0.15, -0.1) is 0 Å². The van der Waals surface area contributed by atoms with Crippen molar-refractivity contribution in [1.29, 1.82) is 0 Å². The fourth-order valence-electron chi connectivity index (χ4n) is 2.23. The van der Waals surface area contributed by atoms with Crippen LogP contribution in [0, 0.1) is 0 Å². The summed E-state index contributed by atoms with van der Waals surface area (Å²) in [6, 6.07) is 9.52. The molecule has 0 radical (unpaired) electrons. The second-order valence-electron chi connectivity index (χ2n) is 5.33. The van der Waals surface area contributed by atoms with Gasteiger partial charge in [-0.25, -0.2) is 0 Å². The Kier molecular flexibility index (Phi) is 4.10. The van der Waals surface area contributed by atoms with Crippen molar-refractivity contribution in [2.24, 2.45) is 0 Å². The number of pyridine rings is 3. The standard InChI is InChI=1S/C18H16N4O/c1-22(2)18(23)14-3-4-17(21-12-14)16-9-15(10-20-11-16)13-5-7-19-8-6-13/h3-12H,1-2H3.